The number of hydrogen-bond acceptors (Lipinski definition) is 4. The Morgan fingerprint density at radius 1 is 1.35 bits per heavy atom. The maximum Gasteiger partial charge on any atom is 0.231 e. The monoisotopic (exact) mass is 295 g/mol. The van der Waals surface area contributed by atoms with E-state index in [0.717, 1.165) is 27.4 Å². The van der Waals surface area contributed by atoms with Crippen LogP contribution in [0, 0.1) is 0 Å². The molecule has 0 unspecified atom stereocenters. The second-order valence-electron chi connectivity index (χ2n) is 3.74. The van der Waals surface area contributed by atoms with Gasteiger partial charge in [-0.3, -0.25) is 0 Å². The van der Waals surface area contributed by atoms with Crippen LogP contribution < -0.4 is 15.2 Å². The minimum absolute atomic E-state index is 0.268. The van der Waals surface area contributed by atoms with Crippen molar-refractivity contribution in [1.82, 2.24) is 9.55 Å². The highest BCUT2D eigenvalue weighted by Crippen LogP contribution is 2.37. The molecule has 0 aliphatic carbocycles. The van der Waals surface area contributed by atoms with Crippen LogP contribution in [-0.4, -0.2) is 16.3 Å². The summed E-state index contributed by atoms with van der Waals surface area (Å²) in [4.78, 5) is 4.30. The van der Waals surface area contributed by atoms with E-state index in [0.29, 0.717) is 5.95 Å². The highest BCUT2D eigenvalue weighted by molar-refractivity contribution is 9.10. The van der Waals surface area contributed by atoms with Crippen LogP contribution in [0.25, 0.3) is 11.3 Å². The molecule has 1 aliphatic heterocycles. The van der Waals surface area contributed by atoms with E-state index in [1.54, 1.807) is 4.57 Å². The van der Waals surface area contributed by atoms with Gasteiger partial charge in [0.25, 0.3) is 0 Å². The molecule has 0 atom stereocenters. The van der Waals surface area contributed by atoms with Crippen molar-refractivity contribution in [1.29, 1.82) is 0 Å². The summed E-state index contributed by atoms with van der Waals surface area (Å²) in [5, 5.41) is 0. The highest BCUT2D eigenvalue weighted by atomic mass is 79.9. The molecule has 1 aromatic carbocycles. The fraction of sp³-hybridized carbons (Fsp3) is 0.182. The van der Waals surface area contributed by atoms with Gasteiger partial charge in [-0.15, -0.1) is 0 Å². The second-order valence-corrected chi connectivity index (χ2v) is 4.49. The fourth-order valence-electron chi connectivity index (χ4n) is 1.72. The van der Waals surface area contributed by atoms with Gasteiger partial charge in [-0.1, -0.05) is 0 Å². The molecular weight excluding hydrogens is 286 g/mol. The molecule has 1 aliphatic rings. The summed E-state index contributed by atoms with van der Waals surface area (Å²) in [5.41, 5.74) is 7.49. The first-order valence-electron chi connectivity index (χ1n) is 5.04. The summed E-state index contributed by atoms with van der Waals surface area (Å²) in [6.45, 7) is 0.268. The molecule has 6 heteroatoms. The summed E-state index contributed by atoms with van der Waals surface area (Å²) >= 11 is 3.47. The first-order chi connectivity index (χ1) is 8.16. The topological polar surface area (TPSA) is 62.3 Å². The maximum atomic E-state index is 5.76. The van der Waals surface area contributed by atoms with Crippen LogP contribution in [0.15, 0.2) is 22.8 Å². The number of hydrogen-bond donors (Lipinski definition) is 1. The Balaban J connectivity index is 2.12. The molecule has 17 heavy (non-hydrogen) atoms. The van der Waals surface area contributed by atoms with Crippen molar-refractivity contribution in [2.45, 2.75) is 0 Å². The third kappa shape index (κ3) is 1.56. The normalized spacial score (nSPS) is 13.1. The maximum absolute atomic E-state index is 5.76. The van der Waals surface area contributed by atoms with Crippen molar-refractivity contribution >= 4 is 21.9 Å². The molecule has 5 nitrogen and oxygen atoms in total. The van der Waals surface area contributed by atoms with Gasteiger partial charge in [-0.25, -0.2) is 4.98 Å². The van der Waals surface area contributed by atoms with Gasteiger partial charge in [-0.05, 0) is 34.1 Å². The van der Waals surface area contributed by atoms with Crippen LogP contribution in [0.4, 0.5) is 5.95 Å². The number of nitrogens with zero attached hydrogens (tertiary/aromatic N) is 2. The molecule has 88 valence electrons. The Morgan fingerprint density at radius 2 is 2.12 bits per heavy atom. The smallest absolute Gasteiger partial charge is 0.231 e. The summed E-state index contributed by atoms with van der Waals surface area (Å²) < 4.78 is 13.2. The van der Waals surface area contributed by atoms with E-state index in [9.17, 15) is 0 Å². The van der Waals surface area contributed by atoms with Crippen LogP contribution in [0.3, 0.4) is 0 Å². The lowest BCUT2D eigenvalue weighted by molar-refractivity contribution is 0.174. The zero-order valence-corrected chi connectivity index (χ0v) is 10.7. The van der Waals surface area contributed by atoms with Crippen molar-refractivity contribution in [3.05, 3.63) is 22.8 Å². The molecule has 1 aromatic heterocycles. The standard InChI is InChI=1S/C11H10BrN3O2/c1-15-10(12)9(14-11(15)13)6-2-3-7-8(4-6)17-5-16-7/h2-4H,5H2,1H3,(H2,13,14). The number of ether oxygens (including phenoxy) is 2. The minimum atomic E-state index is 0.268. The van der Waals surface area contributed by atoms with Crippen molar-refractivity contribution in [2.75, 3.05) is 12.5 Å². The van der Waals surface area contributed by atoms with Crippen LogP contribution in [-0.2, 0) is 7.05 Å². The molecule has 0 saturated carbocycles. The van der Waals surface area contributed by atoms with Crippen molar-refractivity contribution in [2.24, 2.45) is 7.05 Å². The molecule has 2 aromatic rings. The number of imidazole rings is 1. The molecule has 0 bridgehead atoms. The zero-order valence-electron chi connectivity index (χ0n) is 9.11. The number of benzene rings is 1. The predicted molar refractivity (Wildman–Crippen MR) is 66.9 cm³/mol. The SMILES string of the molecule is Cn1c(N)nc(-c2ccc3c(c2)OCO3)c1Br. The molecule has 0 spiro atoms. The van der Waals surface area contributed by atoms with Crippen LogP contribution in [0.2, 0.25) is 0 Å². The third-order valence-corrected chi connectivity index (χ3v) is 3.61. The van der Waals surface area contributed by atoms with Crippen molar-refractivity contribution in [3.63, 3.8) is 0 Å². The van der Waals surface area contributed by atoms with Crippen LogP contribution >= 0.6 is 15.9 Å². The van der Waals surface area contributed by atoms with E-state index in [1.807, 2.05) is 25.2 Å². The fourth-order valence-corrected chi connectivity index (χ4v) is 2.22. The van der Waals surface area contributed by atoms with Crippen LogP contribution in [0.1, 0.15) is 0 Å². The lowest BCUT2D eigenvalue weighted by Gasteiger charge is -2.01. The number of nitrogen functional groups attached to an aromatic ring is 1. The molecule has 0 amide bonds. The lowest BCUT2D eigenvalue weighted by atomic mass is 10.1. The Morgan fingerprint density at radius 3 is 2.82 bits per heavy atom. The van der Waals surface area contributed by atoms with Crippen molar-refractivity contribution in [3.8, 4) is 22.8 Å². The Labute approximate surface area is 106 Å². The van der Waals surface area contributed by atoms with Gasteiger partial charge in [0, 0.05) is 12.6 Å². The van der Waals surface area contributed by atoms with E-state index < -0.39 is 0 Å². The van der Waals surface area contributed by atoms with Crippen molar-refractivity contribution < 1.29 is 9.47 Å². The lowest BCUT2D eigenvalue weighted by Crippen LogP contribution is -1.96. The predicted octanol–water partition coefficient (Wildman–Crippen LogP) is 2.16. The number of halogens is 1. The molecule has 2 heterocycles. The Kier molecular flexibility index (Phi) is 2.25. The molecule has 0 radical (unpaired) electrons. The van der Waals surface area contributed by atoms with E-state index in [-0.39, 0.29) is 6.79 Å². The van der Waals surface area contributed by atoms with Gasteiger partial charge >= 0.3 is 0 Å². The quantitative estimate of drug-likeness (QED) is 0.876. The zero-order chi connectivity index (χ0) is 12.0. The van der Waals surface area contributed by atoms with Gasteiger partial charge < -0.3 is 19.8 Å². The average Bonchev–Trinajstić information content (AvgIpc) is 2.89. The molecule has 0 saturated heterocycles. The Hall–Kier alpha value is -1.69. The van der Waals surface area contributed by atoms with Gasteiger partial charge in [0.1, 0.15) is 10.3 Å². The first-order valence-corrected chi connectivity index (χ1v) is 5.84. The van der Waals surface area contributed by atoms with E-state index in [4.69, 9.17) is 15.2 Å². The van der Waals surface area contributed by atoms with E-state index in [2.05, 4.69) is 20.9 Å². The molecule has 0 fully saturated rings. The van der Waals surface area contributed by atoms with E-state index in [1.165, 1.54) is 0 Å². The second kappa shape index (κ2) is 3.66. The Bertz CT molecular complexity index is 595. The molecular formula is C11H10BrN3O2. The number of fused-ring (bicyclic) bond motifs is 1. The largest absolute Gasteiger partial charge is 0.454 e. The molecule has 2 N–H and O–H groups in total. The van der Waals surface area contributed by atoms with Gasteiger partial charge in [0.05, 0.1) is 0 Å². The molecule has 3 rings (SSSR count). The average molecular weight is 296 g/mol. The van der Waals surface area contributed by atoms with E-state index >= 15 is 0 Å². The van der Waals surface area contributed by atoms with Gasteiger partial charge in [0.2, 0.25) is 12.7 Å². The first kappa shape index (κ1) is 10.5. The summed E-state index contributed by atoms with van der Waals surface area (Å²) in [6.07, 6.45) is 0. The minimum Gasteiger partial charge on any atom is -0.454 e. The van der Waals surface area contributed by atoms with Gasteiger partial charge in [0.15, 0.2) is 11.5 Å². The summed E-state index contributed by atoms with van der Waals surface area (Å²) in [6, 6.07) is 5.70. The highest BCUT2D eigenvalue weighted by Gasteiger charge is 2.17. The third-order valence-electron chi connectivity index (χ3n) is 2.71. The number of nitrogens with two attached hydrogens (primary N) is 1. The van der Waals surface area contributed by atoms with Crippen LogP contribution in [0.5, 0.6) is 11.5 Å². The summed E-state index contributed by atoms with van der Waals surface area (Å²) in [5.74, 6) is 1.96. The number of aromatic nitrogens is 2. The van der Waals surface area contributed by atoms with Gasteiger partial charge in [-0.2, -0.15) is 0 Å². The number of anilines is 1. The summed E-state index contributed by atoms with van der Waals surface area (Å²) in [7, 11) is 1.85. The number of rotatable bonds is 1.